The smallest absolute Gasteiger partial charge is 0.229 e. The minimum atomic E-state index is 0.0809. The second kappa shape index (κ2) is 6.68. The maximum absolute atomic E-state index is 12.2. The van der Waals surface area contributed by atoms with Crippen LogP contribution in [0.25, 0.3) is 11.3 Å². The first-order chi connectivity index (χ1) is 10.2. The van der Waals surface area contributed by atoms with Crippen molar-refractivity contribution in [2.45, 2.75) is 12.8 Å². The van der Waals surface area contributed by atoms with Gasteiger partial charge < -0.3 is 10.6 Å². The zero-order chi connectivity index (χ0) is 14.7. The van der Waals surface area contributed by atoms with E-state index in [1.54, 1.807) is 0 Å². The molecule has 2 aromatic rings. The van der Waals surface area contributed by atoms with Crippen molar-refractivity contribution >= 4 is 38.3 Å². The lowest BCUT2D eigenvalue weighted by molar-refractivity contribution is -0.120. The Morgan fingerprint density at radius 2 is 2.00 bits per heavy atom. The molecule has 1 amide bonds. The largest absolute Gasteiger partial charge is 0.317 e. The number of carbonyl (C=O) groups excluding carboxylic acids is 1. The van der Waals surface area contributed by atoms with Crippen molar-refractivity contribution in [3.8, 4) is 11.3 Å². The van der Waals surface area contributed by atoms with Crippen LogP contribution in [0, 0.1) is 5.92 Å². The van der Waals surface area contributed by atoms with Gasteiger partial charge in [-0.2, -0.15) is 0 Å². The molecule has 0 radical (unpaired) electrons. The Kier molecular flexibility index (Phi) is 4.67. The lowest BCUT2D eigenvalue weighted by atomic mass is 9.97. The van der Waals surface area contributed by atoms with Crippen molar-refractivity contribution in [1.82, 2.24) is 10.3 Å². The van der Waals surface area contributed by atoms with Crippen molar-refractivity contribution in [3.63, 3.8) is 0 Å². The molecule has 21 heavy (non-hydrogen) atoms. The molecule has 0 bridgehead atoms. The van der Waals surface area contributed by atoms with Crippen LogP contribution in [-0.2, 0) is 4.79 Å². The fraction of sp³-hybridized carbons (Fsp3) is 0.333. The molecule has 2 N–H and O–H groups in total. The summed E-state index contributed by atoms with van der Waals surface area (Å²) < 4.78 is 0.939. The zero-order valence-corrected chi connectivity index (χ0v) is 13.8. The average molecular weight is 366 g/mol. The highest BCUT2D eigenvalue weighted by molar-refractivity contribution is 9.11. The number of piperidine rings is 1. The molecule has 0 atom stereocenters. The summed E-state index contributed by atoms with van der Waals surface area (Å²) in [6.07, 6.45) is 1.79. The van der Waals surface area contributed by atoms with Gasteiger partial charge in [-0.3, -0.25) is 4.79 Å². The van der Waals surface area contributed by atoms with E-state index in [0.29, 0.717) is 5.13 Å². The highest BCUT2D eigenvalue weighted by Crippen LogP contribution is 2.35. The van der Waals surface area contributed by atoms with Gasteiger partial charge >= 0.3 is 0 Å². The molecule has 2 heterocycles. The Morgan fingerprint density at radius 3 is 2.71 bits per heavy atom. The number of aromatic nitrogens is 1. The van der Waals surface area contributed by atoms with E-state index in [2.05, 4.69) is 31.5 Å². The van der Waals surface area contributed by atoms with Crippen LogP contribution < -0.4 is 10.6 Å². The van der Waals surface area contributed by atoms with E-state index >= 15 is 0 Å². The van der Waals surface area contributed by atoms with Gasteiger partial charge in [-0.05, 0) is 41.9 Å². The Hall–Kier alpha value is -1.24. The Bertz CT molecular complexity index is 623. The van der Waals surface area contributed by atoms with Gasteiger partial charge in [0, 0.05) is 11.5 Å². The van der Waals surface area contributed by atoms with Crippen LogP contribution in [0.3, 0.4) is 0 Å². The zero-order valence-electron chi connectivity index (χ0n) is 11.4. The molecule has 0 saturated carbocycles. The van der Waals surface area contributed by atoms with Gasteiger partial charge in [0.2, 0.25) is 5.91 Å². The van der Waals surface area contributed by atoms with Crippen molar-refractivity contribution in [2.24, 2.45) is 5.92 Å². The van der Waals surface area contributed by atoms with E-state index in [0.717, 1.165) is 41.0 Å². The molecular formula is C15H16BrN3OS. The van der Waals surface area contributed by atoms with Gasteiger partial charge in [-0.15, -0.1) is 0 Å². The number of thiazole rings is 1. The summed E-state index contributed by atoms with van der Waals surface area (Å²) in [5.74, 6) is 0.173. The lowest BCUT2D eigenvalue weighted by Crippen LogP contribution is -2.34. The minimum absolute atomic E-state index is 0.0809. The van der Waals surface area contributed by atoms with E-state index in [4.69, 9.17) is 0 Å². The van der Waals surface area contributed by atoms with E-state index in [-0.39, 0.29) is 11.8 Å². The fourth-order valence-electron chi connectivity index (χ4n) is 2.42. The summed E-state index contributed by atoms with van der Waals surface area (Å²) >= 11 is 4.99. The van der Waals surface area contributed by atoms with Gasteiger partial charge in [-0.1, -0.05) is 41.7 Å². The molecule has 1 aliphatic rings. The predicted molar refractivity (Wildman–Crippen MR) is 89.5 cm³/mol. The topological polar surface area (TPSA) is 54.0 Å². The number of nitrogens with zero attached hydrogens (tertiary/aromatic N) is 1. The molecule has 1 aliphatic heterocycles. The Morgan fingerprint density at radius 1 is 1.29 bits per heavy atom. The van der Waals surface area contributed by atoms with Crippen LogP contribution in [0.1, 0.15) is 12.8 Å². The predicted octanol–water partition coefficient (Wildman–Crippen LogP) is 3.51. The van der Waals surface area contributed by atoms with Gasteiger partial charge in [0.15, 0.2) is 5.13 Å². The fourth-order valence-corrected chi connectivity index (χ4v) is 3.92. The average Bonchev–Trinajstić information content (AvgIpc) is 2.89. The monoisotopic (exact) mass is 365 g/mol. The minimum Gasteiger partial charge on any atom is -0.317 e. The number of carbonyl (C=O) groups is 1. The van der Waals surface area contributed by atoms with Crippen LogP contribution in [0.2, 0.25) is 0 Å². The number of benzene rings is 1. The number of hydrogen-bond acceptors (Lipinski definition) is 4. The van der Waals surface area contributed by atoms with E-state index in [1.807, 2.05) is 30.3 Å². The summed E-state index contributed by atoms with van der Waals surface area (Å²) in [7, 11) is 0. The van der Waals surface area contributed by atoms with Crippen LogP contribution in [0.15, 0.2) is 34.1 Å². The summed E-state index contributed by atoms with van der Waals surface area (Å²) in [6.45, 7) is 1.82. The van der Waals surface area contributed by atoms with Crippen LogP contribution >= 0.6 is 27.3 Å². The van der Waals surface area contributed by atoms with Crippen molar-refractivity contribution in [2.75, 3.05) is 18.4 Å². The normalized spacial score (nSPS) is 15.9. The number of amides is 1. The van der Waals surface area contributed by atoms with Gasteiger partial charge in [0.25, 0.3) is 0 Å². The molecule has 0 unspecified atom stereocenters. The third-order valence-electron chi connectivity index (χ3n) is 3.57. The molecule has 3 rings (SSSR count). The van der Waals surface area contributed by atoms with E-state index in [1.165, 1.54) is 11.3 Å². The second-order valence-electron chi connectivity index (χ2n) is 5.02. The summed E-state index contributed by atoms with van der Waals surface area (Å²) in [6, 6.07) is 9.96. The number of hydrogen-bond donors (Lipinski definition) is 2. The molecule has 110 valence electrons. The molecule has 1 aromatic carbocycles. The van der Waals surface area contributed by atoms with Gasteiger partial charge in [-0.25, -0.2) is 4.98 Å². The number of rotatable bonds is 3. The SMILES string of the molecule is O=C(Nc1nc(-c2ccccc2)c(Br)s1)C1CCNCC1. The number of anilines is 1. The van der Waals surface area contributed by atoms with Crippen molar-refractivity contribution < 1.29 is 4.79 Å². The molecular weight excluding hydrogens is 350 g/mol. The molecule has 6 heteroatoms. The van der Waals surface area contributed by atoms with E-state index in [9.17, 15) is 4.79 Å². The maximum atomic E-state index is 12.2. The second-order valence-corrected chi connectivity index (χ2v) is 7.34. The summed E-state index contributed by atoms with van der Waals surface area (Å²) in [5, 5.41) is 6.88. The third kappa shape index (κ3) is 3.51. The van der Waals surface area contributed by atoms with E-state index < -0.39 is 0 Å². The van der Waals surface area contributed by atoms with Gasteiger partial charge in [0.1, 0.15) is 0 Å². The summed E-state index contributed by atoms with van der Waals surface area (Å²) in [4.78, 5) is 16.8. The summed E-state index contributed by atoms with van der Waals surface area (Å²) in [5.41, 5.74) is 1.92. The molecule has 1 fully saturated rings. The van der Waals surface area contributed by atoms with Crippen LogP contribution in [0.5, 0.6) is 0 Å². The van der Waals surface area contributed by atoms with Crippen LogP contribution in [-0.4, -0.2) is 24.0 Å². The van der Waals surface area contributed by atoms with Crippen molar-refractivity contribution in [1.29, 1.82) is 0 Å². The first-order valence-electron chi connectivity index (χ1n) is 6.97. The standard InChI is InChI=1S/C15H16BrN3OS/c16-13-12(10-4-2-1-3-5-10)18-15(21-13)19-14(20)11-6-8-17-9-7-11/h1-5,11,17H,6-9H2,(H,18,19,20). The maximum Gasteiger partial charge on any atom is 0.229 e. The lowest BCUT2D eigenvalue weighted by Gasteiger charge is -2.20. The molecule has 0 aliphatic carbocycles. The first-order valence-corrected chi connectivity index (χ1v) is 8.58. The quantitative estimate of drug-likeness (QED) is 0.874. The highest BCUT2D eigenvalue weighted by atomic mass is 79.9. The van der Waals surface area contributed by atoms with Crippen molar-refractivity contribution in [3.05, 3.63) is 34.1 Å². The number of halogens is 1. The Labute approximate surface area is 136 Å². The first kappa shape index (κ1) is 14.7. The molecule has 1 saturated heterocycles. The van der Waals surface area contributed by atoms with Gasteiger partial charge in [0.05, 0.1) is 9.48 Å². The number of nitrogens with one attached hydrogen (secondary N) is 2. The molecule has 4 nitrogen and oxygen atoms in total. The molecule has 0 spiro atoms. The third-order valence-corrected chi connectivity index (χ3v) is 5.19. The Balaban J connectivity index is 1.73. The molecule has 1 aromatic heterocycles. The highest BCUT2D eigenvalue weighted by Gasteiger charge is 2.22. The van der Waals surface area contributed by atoms with Crippen LogP contribution in [0.4, 0.5) is 5.13 Å².